The Morgan fingerprint density at radius 1 is 1.03 bits per heavy atom. The molecule has 0 radical (unpaired) electrons. The number of rotatable bonds is 8. The van der Waals surface area contributed by atoms with E-state index in [9.17, 15) is 19.2 Å². The highest BCUT2D eigenvalue weighted by Crippen LogP contribution is 2.23. The molecule has 17 heteroatoms. The van der Waals surface area contributed by atoms with Crippen molar-refractivity contribution in [1.29, 1.82) is 0 Å². The van der Waals surface area contributed by atoms with E-state index in [4.69, 9.17) is 31.2 Å². The van der Waals surface area contributed by atoms with Gasteiger partial charge in [0.2, 0.25) is 11.1 Å². The van der Waals surface area contributed by atoms with E-state index in [0.29, 0.717) is 5.16 Å². The molecule has 204 valence electrons. The summed E-state index contributed by atoms with van der Waals surface area (Å²) in [5.74, 6) is -2.52. The molecule has 15 nitrogen and oxygen atoms in total. The molecule has 0 aliphatic carbocycles. The Bertz CT molecular complexity index is 1170. The minimum Gasteiger partial charge on any atom is -0.456 e. The van der Waals surface area contributed by atoms with Crippen molar-refractivity contribution < 1.29 is 38.1 Å². The Kier molecular flexibility index (Phi) is 10.3. The second-order valence-corrected chi connectivity index (χ2v) is 9.04. The van der Waals surface area contributed by atoms with E-state index in [2.05, 4.69) is 31.7 Å². The Morgan fingerprint density at radius 2 is 1.68 bits per heavy atom. The summed E-state index contributed by atoms with van der Waals surface area (Å²) in [5.41, 5.74) is 5.67. The maximum atomic E-state index is 12.3. The lowest BCUT2D eigenvalue weighted by Crippen LogP contribution is -2.63. The molecule has 1 aliphatic heterocycles. The molecule has 1 aromatic heterocycles. The first-order valence-corrected chi connectivity index (χ1v) is 12.5. The molecule has 1 fully saturated rings. The SMILES string of the molecule is CC(=O)O[C@@H]1[C@@H](OC(C)=O)[C@H](OC(C)=O)CO[C@H]1NC(=S)NNC(=O)CSc1nnnn1-c1ccccc1. The van der Waals surface area contributed by atoms with Crippen LogP contribution in [-0.2, 0) is 38.1 Å². The Labute approximate surface area is 226 Å². The van der Waals surface area contributed by atoms with Gasteiger partial charge in [-0.05, 0) is 34.8 Å². The number of thioether (sulfide) groups is 1. The van der Waals surface area contributed by atoms with Crippen molar-refractivity contribution in [1.82, 2.24) is 36.4 Å². The van der Waals surface area contributed by atoms with Gasteiger partial charge in [0.25, 0.3) is 0 Å². The molecule has 3 N–H and O–H groups in total. The number of carbonyl (C=O) groups is 4. The van der Waals surface area contributed by atoms with Crippen molar-refractivity contribution in [2.24, 2.45) is 0 Å². The lowest BCUT2D eigenvalue weighted by atomic mass is 10.0. The second kappa shape index (κ2) is 13.6. The summed E-state index contributed by atoms with van der Waals surface area (Å²) >= 11 is 6.30. The summed E-state index contributed by atoms with van der Waals surface area (Å²) in [6.45, 7) is 3.30. The molecule has 3 rings (SSSR count). The highest BCUT2D eigenvalue weighted by Gasteiger charge is 2.47. The maximum absolute atomic E-state index is 12.3. The number of tetrazole rings is 1. The number of hydrazine groups is 1. The molecule has 4 atom stereocenters. The zero-order valence-electron chi connectivity index (χ0n) is 20.5. The standard InChI is InChI=1S/C21H25N7O8S2/c1-11(29)34-15-9-33-19(18(36-13(3)31)17(15)35-12(2)30)22-20(37)24-23-16(32)10-38-21-25-26-27-28(21)14-7-5-4-6-8-14/h4-8,15,17-19H,9-10H2,1-3H3,(H,23,32)(H2,22,24,37)/t15-,17+,18-,19-/m1/s1. The summed E-state index contributed by atoms with van der Waals surface area (Å²) < 4.78 is 22.8. The zero-order chi connectivity index (χ0) is 27.7. The first-order chi connectivity index (χ1) is 18.1. The van der Waals surface area contributed by atoms with Crippen LogP contribution in [0.4, 0.5) is 0 Å². The van der Waals surface area contributed by atoms with E-state index in [1.165, 1.54) is 11.6 Å². The van der Waals surface area contributed by atoms with Crippen LogP contribution in [0.25, 0.3) is 5.69 Å². The first-order valence-electron chi connectivity index (χ1n) is 11.1. The quantitative estimate of drug-likeness (QED) is 0.121. The number of hydrogen-bond donors (Lipinski definition) is 3. The summed E-state index contributed by atoms with van der Waals surface area (Å²) in [4.78, 5) is 47.2. The van der Waals surface area contributed by atoms with Crippen molar-refractivity contribution >= 4 is 52.9 Å². The number of aromatic nitrogens is 4. The number of benzene rings is 1. The average Bonchev–Trinajstić information content (AvgIpc) is 3.33. The summed E-state index contributed by atoms with van der Waals surface area (Å²) in [6, 6.07) is 9.18. The molecule has 0 spiro atoms. The summed E-state index contributed by atoms with van der Waals surface area (Å²) in [5, 5.41) is 14.5. The number of hydrogen-bond acceptors (Lipinski definition) is 13. The van der Waals surface area contributed by atoms with Gasteiger partial charge in [-0.3, -0.25) is 30.0 Å². The van der Waals surface area contributed by atoms with Crippen LogP contribution in [0.5, 0.6) is 0 Å². The minimum atomic E-state index is -1.22. The lowest BCUT2D eigenvalue weighted by Gasteiger charge is -2.40. The van der Waals surface area contributed by atoms with Gasteiger partial charge in [-0.15, -0.1) is 5.10 Å². The molecule has 2 heterocycles. The summed E-state index contributed by atoms with van der Waals surface area (Å²) in [7, 11) is 0. The van der Waals surface area contributed by atoms with Crippen LogP contribution in [0.2, 0.25) is 0 Å². The van der Waals surface area contributed by atoms with E-state index in [-0.39, 0.29) is 17.5 Å². The van der Waals surface area contributed by atoms with E-state index in [0.717, 1.165) is 31.3 Å². The van der Waals surface area contributed by atoms with Crippen molar-refractivity contribution in [3.05, 3.63) is 30.3 Å². The van der Waals surface area contributed by atoms with Crippen LogP contribution in [0, 0.1) is 0 Å². The molecule has 2 aromatic rings. The fourth-order valence-electron chi connectivity index (χ4n) is 3.32. The highest BCUT2D eigenvalue weighted by molar-refractivity contribution is 7.99. The first kappa shape index (κ1) is 28.7. The van der Waals surface area contributed by atoms with E-state index in [1.54, 1.807) is 0 Å². The van der Waals surface area contributed by atoms with Gasteiger partial charge >= 0.3 is 17.9 Å². The monoisotopic (exact) mass is 567 g/mol. The molecule has 38 heavy (non-hydrogen) atoms. The largest absolute Gasteiger partial charge is 0.456 e. The number of ether oxygens (including phenoxy) is 4. The van der Waals surface area contributed by atoms with Crippen LogP contribution in [0.3, 0.4) is 0 Å². The zero-order valence-corrected chi connectivity index (χ0v) is 22.1. The van der Waals surface area contributed by atoms with Gasteiger partial charge in [0, 0.05) is 20.8 Å². The number of para-hydroxylation sites is 1. The fourth-order valence-corrected chi connectivity index (χ4v) is 4.18. The Balaban J connectivity index is 1.55. The van der Waals surface area contributed by atoms with Crippen molar-refractivity contribution in [2.75, 3.05) is 12.4 Å². The molecule has 1 amide bonds. The van der Waals surface area contributed by atoms with Crippen LogP contribution in [0.15, 0.2) is 35.5 Å². The van der Waals surface area contributed by atoms with Gasteiger partial charge in [-0.25, -0.2) is 0 Å². The van der Waals surface area contributed by atoms with E-state index < -0.39 is 48.4 Å². The average molecular weight is 568 g/mol. The molecular weight excluding hydrogens is 542 g/mol. The number of thiocarbonyl (C=S) groups is 1. The molecular formula is C21H25N7O8S2. The smallest absolute Gasteiger partial charge is 0.303 e. The van der Waals surface area contributed by atoms with Gasteiger partial charge < -0.3 is 24.3 Å². The van der Waals surface area contributed by atoms with Crippen LogP contribution < -0.4 is 16.2 Å². The third kappa shape index (κ3) is 8.35. The molecule has 1 saturated heterocycles. The van der Waals surface area contributed by atoms with Crippen molar-refractivity contribution in [2.45, 2.75) is 50.5 Å². The normalized spacial score (nSPS) is 20.5. The van der Waals surface area contributed by atoms with Gasteiger partial charge in [0.1, 0.15) is 0 Å². The molecule has 0 unspecified atom stereocenters. The van der Waals surface area contributed by atoms with Crippen LogP contribution >= 0.6 is 24.0 Å². The lowest BCUT2D eigenvalue weighted by molar-refractivity contribution is -0.227. The van der Waals surface area contributed by atoms with Gasteiger partial charge in [-0.2, -0.15) is 4.68 Å². The number of nitrogens with zero attached hydrogens (tertiary/aromatic N) is 4. The van der Waals surface area contributed by atoms with Crippen molar-refractivity contribution in [3.8, 4) is 5.69 Å². The molecule has 1 aliphatic rings. The highest BCUT2D eigenvalue weighted by atomic mass is 32.2. The predicted octanol–water partition coefficient (Wildman–Crippen LogP) is -0.599. The minimum absolute atomic E-state index is 0.0442. The molecule has 0 bridgehead atoms. The number of carbonyl (C=O) groups excluding carboxylic acids is 4. The number of amides is 1. The third-order valence-electron chi connectivity index (χ3n) is 4.71. The Morgan fingerprint density at radius 3 is 2.34 bits per heavy atom. The third-order valence-corrected chi connectivity index (χ3v) is 5.85. The fraction of sp³-hybridized carbons (Fsp3) is 0.429. The number of nitrogens with one attached hydrogen (secondary N) is 3. The Hall–Kier alpha value is -3.83. The van der Waals surface area contributed by atoms with Crippen LogP contribution in [-0.4, -0.2) is 86.0 Å². The summed E-state index contributed by atoms with van der Waals surface area (Å²) in [6.07, 6.45) is -4.52. The van der Waals surface area contributed by atoms with E-state index >= 15 is 0 Å². The van der Waals surface area contributed by atoms with Crippen molar-refractivity contribution in [3.63, 3.8) is 0 Å². The van der Waals surface area contributed by atoms with Gasteiger partial charge in [-0.1, -0.05) is 30.0 Å². The van der Waals surface area contributed by atoms with Gasteiger partial charge in [0.05, 0.1) is 18.0 Å². The van der Waals surface area contributed by atoms with E-state index in [1.807, 2.05) is 30.3 Å². The maximum Gasteiger partial charge on any atom is 0.303 e. The predicted molar refractivity (Wildman–Crippen MR) is 133 cm³/mol. The topological polar surface area (TPSA) is 185 Å². The van der Waals surface area contributed by atoms with Gasteiger partial charge in [0.15, 0.2) is 29.7 Å². The molecule has 0 saturated carbocycles. The number of esters is 3. The van der Waals surface area contributed by atoms with Crippen LogP contribution in [0.1, 0.15) is 20.8 Å². The molecule has 1 aromatic carbocycles. The second-order valence-electron chi connectivity index (χ2n) is 7.69.